The SMILES string of the molecule is COc1ccc2cc(C3(O)CCC(OCc4ccccc4F)CC3CN3CCN(C)CC3)ccc2c1. The number of aliphatic hydroxyl groups is 1. The second kappa shape index (κ2) is 10.9. The molecule has 2 fully saturated rings. The fourth-order valence-corrected chi connectivity index (χ4v) is 5.76. The zero-order chi connectivity index (χ0) is 25.1. The Labute approximate surface area is 213 Å². The van der Waals surface area contributed by atoms with E-state index < -0.39 is 5.60 Å². The minimum Gasteiger partial charge on any atom is -0.497 e. The van der Waals surface area contributed by atoms with Crippen molar-refractivity contribution in [2.75, 3.05) is 46.9 Å². The van der Waals surface area contributed by atoms with E-state index in [2.05, 4.69) is 41.1 Å². The molecular formula is C30H37FN2O3. The average Bonchev–Trinajstić information content (AvgIpc) is 2.90. The number of likely N-dealkylation sites (N-methyl/N-ethyl adjacent to an activating group) is 1. The number of methoxy groups -OCH3 is 1. The molecule has 0 spiro atoms. The van der Waals surface area contributed by atoms with Gasteiger partial charge in [-0.1, -0.05) is 36.4 Å². The number of hydrogen-bond acceptors (Lipinski definition) is 5. The van der Waals surface area contributed by atoms with Crippen molar-refractivity contribution in [2.24, 2.45) is 5.92 Å². The normalized spacial score (nSPS) is 25.8. The average molecular weight is 493 g/mol. The monoisotopic (exact) mass is 492 g/mol. The first-order valence-corrected chi connectivity index (χ1v) is 13.0. The minimum absolute atomic E-state index is 0.00735. The summed E-state index contributed by atoms with van der Waals surface area (Å²) in [6.45, 7) is 5.16. The molecule has 5 rings (SSSR count). The van der Waals surface area contributed by atoms with Gasteiger partial charge >= 0.3 is 0 Å². The molecule has 3 aromatic rings. The fraction of sp³-hybridized carbons (Fsp3) is 0.467. The van der Waals surface area contributed by atoms with E-state index in [1.54, 1.807) is 19.2 Å². The van der Waals surface area contributed by atoms with E-state index >= 15 is 0 Å². The van der Waals surface area contributed by atoms with E-state index in [-0.39, 0.29) is 24.4 Å². The third-order valence-corrected chi connectivity index (χ3v) is 8.12. The molecule has 1 saturated heterocycles. The first kappa shape index (κ1) is 25.2. The standard InChI is InChI=1S/C30H37FN2O3/c1-32-13-15-33(16-14-32)20-26-19-28(36-21-24-5-3-4-6-29(24)31)11-12-30(26,34)25-9-7-23-18-27(35-2)10-8-22(23)17-25/h3-10,17-18,26,28,34H,11-16,19-21H2,1-2H3. The number of rotatable bonds is 7. The molecule has 36 heavy (non-hydrogen) atoms. The zero-order valence-electron chi connectivity index (χ0n) is 21.3. The molecule has 3 aromatic carbocycles. The first-order valence-electron chi connectivity index (χ1n) is 13.0. The Morgan fingerprint density at radius 3 is 2.53 bits per heavy atom. The summed E-state index contributed by atoms with van der Waals surface area (Å²) < 4.78 is 25.7. The number of fused-ring (bicyclic) bond motifs is 1. The van der Waals surface area contributed by atoms with Crippen LogP contribution in [0.4, 0.5) is 4.39 Å². The number of nitrogens with zero attached hydrogens (tertiary/aromatic N) is 2. The minimum atomic E-state index is -0.935. The summed E-state index contributed by atoms with van der Waals surface area (Å²) in [7, 11) is 3.83. The van der Waals surface area contributed by atoms with Crippen LogP contribution in [0.5, 0.6) is 5.75 Å². The van der Waals surface area contributed by atoms with Crippen molar-refractivity contribution in [1.82, 2.24) is 9.80 Å². The molecule has 0 aromatic heterocycles. The van der Waals surface area contributed by atoms with Crippen LogP contribution in [0.25, 0.3) is 10.8 Å². The molecule has 1 N–H and O–H groups in total. The topological polar surface area (TPSA) is 45.2 Å². The van der Waals surface area contributed by atoms with Crippen LogP contribution in [0.2, 0.25) is 0 Å². The summed E-state index contributed by atoms with van der Waals surface area (Å²) in [5.41, 5.74) is 0.612. The van der Waals surface area contributed by atoms with Gasteiger partial charge in [-0.25, -0.2) is 4.39 Å². The second-order valence-electron chi connectivity index (χ2n) is 10.5. The number of ether oxygens (including phenoxy) is 2. The van der Waals surface area contributed by atoms with Crippen molar-refractivity contribution in [2.45, 2.75) is 37.6 Å². The van der Waals surface area contributed by atoms with E-state index in [0.717, 1.165) is 67.7 Å². The Morgan fingerprint density at radius 2 is 1.75 bits per heavy atom. The highest BCUT2D eigenvalue weighted by molar-refractivity contribution is 5.84. The molecule has 192 valence electrons. The zero-order valence-corrected chi connectivity index (χ0v) is 21.3. The van der Waals surface area contributed by atoms with Crippen LogP contribution < -0.4 is 4.74 Å². The lowest BCUT2D eigenvalue weighted by Gasteiger charge is -2.46. The van der Waals surface area contributed by atoms with Crippen LogP contribution in [0, 0.1) is 11.7 Å². The third kappa shape index (κ3) is 5.42. The summed E-state index contributed by atoms with van der Waals surface area (Å²) in [5, 5.41) is 14.4. The van der Waals surface area contributed by atoms with Crippen LogP contribution in [-0.4, -0.2) is 67.9 Å². The van der Waals surface area contributed by atoms with Crippen molar-refractivity contribution >= 4 is 10.8 Å². The molecule has 1 saturated carbocycles. The lowest BCUT2D eigenvalue weighted by Crippen LogP contribution is -2.52. The molecule has 5 nitrogen and oxygen atoms in total. The number of benzene rings is 3. The molecule has 1 heterocycles. The molecule has 2 aliphatic rings. The molecule has 3 atom stereocenters. The summed E-state index contributed by atoms with van der Waals surface area (Å²) >= 11 is 0. The van der Waals surface area contributed by atoms with Gasteiger partial charge in [-0.15, -0.1) is 0 Å². The van der Waals surface area contributed by atoms with Gasteiger partial charge in [0.1, 0.15) is 11.6 Å². The smallest absolute Gasteiger partial charge is 0.128 e. The fourth-order valence-electron chi connectivity index (χ4n) is 5.76. The number of halogens is 1. The maximum absolute atomic E-state index is 14.1. The Morgan fingerprint density at radius 1 is 1.00 bits per heavy atom. The van der Waals surface area contributed by atoms with Crippen LogP contribution in [0.3, 0.4) is 0 Å². The molecule has 0 amide bonds. The summed E-state index contributed by atoms with van der Waals surface area (Å²) in [5.74, 6) is 0.622. The van der Waals surface area contributed by atoms with Crippen LogP contribution in [-0.2, 0) is 16.9 Å². The van der Waals surface area contributed by atoms with E-state index in [4.69, 9.17) is 9.47 Å². The molecule has 1 aliphatic carbocycles. The highest BCUT2D eigenvalue weighted by atomic mass is 19.1. The summed E-state index contributed by atoms with van der Waals surface area (Å²) in [4.78, 5) is 4.82. The van der Waals surface area contributed by atoms with Gasteiger partial charge in [-0.3, -0.25) is 0 Å². The van der Waals surface area contributed by atoms with Gasteiger partial charge in [0.05, 0.1) is 25.4 Å². The molecule has 0 bridgehead atoms. The third-order valence-electron chi connectivity index (χ3n) is 8.12. The molecule has 0 radical (unpaired) electrons. The van der Waals surface area contributed by atoms with E-state index in [1.807, 2.05) is 18.2 Å². The first-order chi connectivity index (χ1) is 17.4. The van der Waals surface area contributed by atoms with Crippen molar-refractivity contribution in [3.63, 3.8) is 0 Å². The van der Waals surface area contributed by atoms with Crippen molar-refractivity contribution in [3.8, 4) is 5.75 Å². The predicted octanol–water partition coefficient (Wildman–Crippen LogP) is 4.81. The Hall–Kier alpha value is -2.51. The van der Waals surface area contributed by atoms with Gasteiger partial charge < -0.3 is 24.4 Å². The van der Waals surface area contributed by atoms with Gasteiger partial charge in [0, 0.05) is 44.2 Å². The Kier molecular flexibility index (Phi) is 7.58. The summed E-state index contributed by atoms with van der Waals surface area (Å²) in [6, 6.07) is 19.1. The van der Waals surface area contributed by atoms with Crippen LogP contribution in [0.15, 0.2) is 60.7 Å². The Bertz CT molecular complexity index is 1180. The van der Waals surface area contributed by atoms with Crippen molar-refractivity contribution in [1.29, 1.82) is 0 Å². The van der Waals surface area contributed by atoms with Gasteiger partial charge in [-0.05, 0) is 66.9 Å². The highest BCUT2D eigenvalue weighted by Crippen LogP contribution is 2.44. The molecular weight excluding hydrogens is 455 g/mol. The van der Waals surface area contributed by atoms with Crippen molar-refractivity contribution in [3.05, 3.63) is 77.6 Å². The summed E-state index contributed by atoms with van der Waals surface area (Å²) in [6.07, 6.45) is 2.10. The van der Waals surface area contributed by atoms with Gasteiger partial charge in [0.2, 0.25) is 0 Å². The van der Waals surface area contributed by atoms with Crippen molar-refractivity contribution < 1.29 is 19.0 Å². The lowest BCUT2D eigenvalue weighted by atomic mass is 9.70. The second-order valence-corrected chi connectivity index (χ2v) is 10.5. The van der Waals surface area contributed by atoms with Crippen LogP contribution >= 0.6 is 0 Å². The van der Waals surface area contributed by atoms with E-state index in [9.17, 15) is 9.50 Å². The van der Waals surface area contributed by atoms with E-state index in [1.165, 1.54) is 6.07 Å². The number of hydrogen-bond donors (Lipinski definition) is 1. The van der Waals surface area contributed by atoms with Gasteiger partial charge in [-0.2, -0.15) is 0 Å². The maximum atomic E-state index is 14.1. The highest BCUT2D eigenvalue weighted by Gasteiger charge is 2.44. The predicted molar refractivity (Wildman–Crippen MR) is 141 cm³/mol. The quantitative estimate of drug-likeness (QED) is 0.513. The lowest BCUT2D eigenvalue weighted by molar-refractivity contribution is -0.114. The Balaban J connectivity index is 1.37. The largest absolute Gasteiger partial charge is 0.497 e. The molecule has 3 unspecified atom stereocenters. The van der Waals surface area contributed by atoms with E-state index in [0.29, 0.717) is 12.0 Å². The maximum Gasteiger partial charge on any atom is 0.128 e. The molecule has 1 aliphatic heterocycles. The van der Waals surface area contributed by atoms with Gasteiger partial charge in [0.25, 0.3) is 0 Å². The van der Waals surface area contributed by atoms with Crippen LogP contribution in [0.1, 0.15) is 30.4 Å². The molecule has 6 heteroatoms. The van der Waals surface area contributed by atoms with Gasteiger partial charge in [0.15, 0.2) is 0 Å². The number of piperazine rings is 1.